The van der Waals surface area contributed by atoms with Gasteiger partial charge >= 0.3 is 5.97 Å². The number of hydrogen-bond donors (Lipinski definition) is 0. The third-order valence-electron chi connectivity index (χ3n) is 5.20. The molecule has 0 spiro atoms. The van der Waals surface area contributed by atoms with E-state index in [2.05, 4.69) is 69.3 Å². The van der Waals surface area contributed by atoms with Crippen molar-refractivity contribution >= 4 is 24.7 Å². The molecule has 2 aromatic carbocycles. The summed E-state index contributed by atoms with van der Waals surface area (Å²) >= 11 is 0. The maximum Gasteiger partial charge on any atom is 0.309 e. The Morgan fingerprint density at radius 1 is 1.00 bits per heavy atom. The van der Waals surface area contributed by atoms with Gasteiger partial charge in [0.25, 0.3) is 8.32 Å². The number of esters is 1. The molecular formula is C22H28O3Si. The third kappa shape index (κ3) is 3.48. The van der Waals surface area contributed by atoms with Gasteiger partial charge in [0, 0.05) is 0 Å². The van der Waals surface area contributed by atoms with E-state index >= 15 is 0 Å². The second-order valence-electron chi connectivity index (χ2n) is 8.17. The van der Waals surface area contributed by atoms with Crippen molar-refractivity contribution in [3.8, 4) is 0 Å². The molecule has 2 atom stereocenters. The summed E-state index contributed by atoms with van der Waals surface area (Å²) in [6, 6.07) is 21.1. The van der Waals surface area contributed by atoms with Crippen LogP contribution in [-0.2, 0) is 14.0 Å². The standard InChI is InChI=1S/C22H28O3Si/c1-17-15-18(25-21(17)23)16-24-26(22(2,3)4,19-11-7-5-8-12-19)20-13-9-6-10-14-20/h5-14,17-18H,15-16H2,1-4H3/t17-,18?/m0/s1. The molecule has 0 amide bonds. The van der Waals surface area contributed by atoms with Crippen molar-refractivity contribution in [3.63, 3.8) is 0 Å². The van der Waals surface area contributed by atoms with Crippen LogP contribution in [0.15, 0.2) is 60.7 Å². The zero-order chi connectivity index (χ0) is 18.8. The van der Waals surface area contributed by atoms with Gasteiger partial charge in [-0.15, -0.1) is 0 Å². The SMILES string of the molecule is C[C@H]1CC(CO[Si](c2ccccc2)(c2ccccc2)C(C)(C)C)OC1=O. The molecule has 4 heteroatoms. The summed E-state index contributed by atoms with van der Waals surface area (Å²) in [6.45, 7) is 9.13. The highest BCUT2D eigenvalue weighted by molar-refractivity contribution is 6.99. The van der Waals surface area contributed by atoms with Gasteiger partial charge in [-0.05, 0) is 21.8 Å². The van der Waals surface area contributed by atoms with Gasteiger partial charge in [-0.1, -0.05) is 88.4 Å². The molecule has 2 aromatic rings. The maximum atomic E-state index is 11.8. The van der Waals surface area contributed by atoms with Crippen LogP contribution in [0.1, 0.15) is 34.1 Å². The highest BCUT2D eigenvalue weighted by Gasteiger charge is 2.50. The van der Waals surface area contributed by atoms with E-state index in [0.717, 1.165) is 6.42 Å². The summed E-state index contributed by atoms with van der Waals surface area (Å²) in [7, 11) is -2.55. The monoisotopic (exact) mass is 368 g/mol. The molecule has 3 rings (SSSR count). The van der Waals surface area contributed by atoms with Crippen molar-refractivity contribution in [2.24, 2.45) is 5.92 Å². The molecule has 0 aromatic heterocycles. The van der Waals surface area contributed by atoms with E-state index < -0.39 is 8.32 Å². The lowest BCUT2D eigenvalue weighted by Gasteiger charge is -2.43. The minimum absolute atomic E-state index is 0.0391. The van der Waals surface area contributed by atoms with Gasteiger partial charge in [-0.25, -0.2) is 0 Å². The number of benzene rings is 2. The fraction of sp³-hybridized carbons (Fsp3) is 0.409. The average molecular weight is 369 g/mol. The first-order chi connectivity index (χ1) is 12.3. The topological polar surface area (TPSA) is 35.5 Å². The zero-order valence-electron chi connectivity index (χ0n) is 16.1. The molecule has 1 heterocycles. The fourth-order valence-electron chi connectivity index (χ4n) is 3.90. The van der Waals surface area contributed by atoms with Gasteiger partial charge in [0.05, 0.1) is 12.5 Å². The number of rotatable bonds is 5. The molecule has 0 saturated carbocycles. The second kappa shape index (κ2) is 7.37. The number of ether oxygens (including phenoxy) is 1. The molecule has 26 heavy (non-hydrogen) atoms. The summed E-state index contributed by atoms with van der Waals surface area (Å²) in [5.74, 6) is -0.149. The molecule has 3 nitrogen and oxygen atoms in total. The molecular weight excluding hydrogens is 340 g/mol. The van der Waals surface area contributed by atoms with Gasteiger partial charge in [0.2, 0.25) is 0 Å². The van der Waals surface area contributed by atoms with Crippen LogP contribution < -0.4 is 10.4 Å². The Morgan fingerprint density at radius 2 is 1.50 bits per heavy atom. The van der Waals surface area contributed by atoms with E-state index in [9.17, 15) is 4.79 Å². The Bertz CT molecular complexity index is 697. The van der Waals surface area contributed by atoms with Crippen LogP contribution in [0.2, 0.25) is 5.04 Å². The van der Waals surface area contributed by atoms with Crippen LogP contribution in [-0.4, -0.2) is 27.0 Å². The summed E-state index contributed by atoms with van der Waals surface area (Å²) in [6.07, 6.45) is 0.580. The molecule has 138 valence electrons. The van der Waals surface area contributed by atoms with Gasteiger partial charge in [0.1, 0.15) is 6.10 Å². The highest BCUT2D eigenvalue weighted by atomic mass is 28.4. The van der Waals surface area contributed by atoms with Gasteiger partial charge in [0.15, 0.2) is 0 Å². The van der Waals surface area contributed by atoms with Crippen molar-refractivity contribution in [2.75, 3.05) is 6.61 Å². The summed E-state index contributed by atoms with van der Waals surface area (Å²) in [5.41, 5.74) is 0. The zero-order valence-corrected chi connectivity index (χ0v) is 17.1. The quantitative estimate of drug-likeness (QED) is 0.598. The normalized spacial score (nSPS) is 20.8. The van der Waals surface area contributed by atoms with Gasteiger partial charge in [-0.3, -0.25) is 4.79 Å². The van der Waals surface area contributed by atoms with Crippen molar-refractivity contribution in [1.82, 2.24) is 0 Å². The van der Waals surface area contributed by atoms with Crippen LogP contribution in [0.25, 0.3) is 0 Å². The van der Waals surface area contributed by atoms with E-state index in [1.54, 1.807) is 0 Å². The summed E-state index contributed by atoms with van der Waals surface area (Å²) in [5, 5.41) is 2.43. The second-order valence-corrected chi connectivity index (χ2v) is 12.5. The van der Waals surface area contributed by atoms with Crippen LogP contribution in [0.4, 0.5) is 0 Å². The largest absolute Gasteiger partial charge is 0.460 e. The molecule has 1 aliphatic rings. The predicted molar refractivity (Wildman–Crippen MR) is 107 cm³/mol. The van der Waals surface area contributed by atoms with Gasteiger partial charge < -0.3 is 9.16 Å². The fourth-order valence-corrected chi connectivity index (χ4v) is 8.49. The third-order valence-corrected chi connectivity index (χ3v) is 10.2. The molecule has 0 radical (unpaired) electrons. The number of cyclic esters (lactones) is 1. The molecule has 1 unspecified atom stereocenters. The number of carbonyl (C=O) groups is 1. The van der Waals surface area contributed by atoms with E-state index in [1.165, 1.54) is 10.4 Å². The summed E-state index contributed by atoms with van der Waals surface area (Å²) < 4.78 is 12.3. The van der Waals surface area contributed by atoms with E-state index in [1.807, 2.05) is 19.1 Å². The van der Waals surface area contributed by atoms with Crippen molar-refractivity contribution < 1.29 is 14.0 Å². The molecule has 0 aliphatic carbocycles. The Hall–Kier alpha value is -1.91. The van der Waals surface area contributed by atoms with Crippen LogP contribution in [0.3, 0.4) is 0 Å². The summed E-state index contributed by atoms with van der Waals surface area (Å²) in [4.78, 5) is 11.8. The predicted octanol–water partition coefficient (Wildman–Crippen LogP) is 3.51. The van der Waals surface area contributed by atoms with E-state index in [0.29, 0.717) is 6.61 Å². The van der Waals surface area contributed by atoms with Crippen molar-refractivity contribution in [2.45, 2.75) is 45.3 Å². The Balaban J connectivity index is 2.02. The lowest BCUT2D eigenvalue weighted by Crippen LogP contribution is -2.67. The lowest BCUT2D eigenvalue weighted by atomic mass is 10.1. The first kappa shape index (κ1) is 18.9. The minimum Gasteiger partial charge on any atom is -0.460 e. The first-order valence-corrected chi connectivity index (χ1v) is 11.2. The minimum atomic E-state index is -2.55. The van der Waals surface area contributed by atoms with Crippen molar-refractivity contribution in [3.05, 3.63) is 60.7 Å². The Morgan fingerprint density at radius 3 is 1.88 bits per heavy atom. The Kier molecular flexibility index (Phi) is 5.35. The Labute approximate surface area is 157 Å². The molecule has 1 aliphatic heterocycles. The van der Waals surface area contributed by atoms with Crippen molar-refractivity contribution in [1.29, 1.82) is 0 Å². The van der Waals surface area contributed by atoms with Crippen LogP contribution >= 0.6 is 0 Å². The maximum absolute atomic E-state index is 11.8. The first-order valence-electron chi connectivity index (χ1n) is 9.30. The van der Waals surface area contributed by atoms with E-state index in [4.69, 9.17) is 9.16 Å². The van der Waals surface area contributed by atoms with Crippen LogP contribution in [0, 0.1) is 5.92 Å². The van der Waals surface area contributed by atoms with Crippen LogP contribution in [0.5, 0.6) is 0 Å². The lowest BCUT2D eigenvalue weighted by molar-refractivity contribution is -0.144. The smallest absolute Gasteiger partial charge is 0.309 e. The highest BCUT2D eigenvalue weighted by Crippen LogP contribution is 2.37. The van der Waals surface area contributed by atoms with E-state index in [-0.39, 0.29) is 23.0 Å². The number of hydrogen-bond acceptors (Lipinski definition) is 3. The molecule has 1 saturated heterocycles. The number of carbonyl (C=O) groups excluding carboxylic acids is 1. The van der Waals surface area contributed by atoms with Gasteiger partial charge in [-0.2, -0.15) is 0 Å². The molecule has 0 N–H and O–H groups in total. The average Bonchev–Trinajstić information content (AvgIpc) is 2.94. The molecule has 0 bridgehead atoms. The molecule has 1 fully saturated rings.